The van der Waals surface area contributed by atoms with Crippen LogP contribution in [0.15, 0.2) is 211 Å². The lowest BCUT2D eigenvalue weighted by atomic mass is 9.98. The molecule has 0 bridgehead atoms. The molecule has 0 spiro atoms. The van der Waals surface area contributed by atoms with Gasteiger partial charge in [0.05, 0.1) is 40.0 Å². The monoisotopic (exact) mass is 842 g/mol. The Bertz CT molecular complexity index is 3790. The molecule has 12 aromatic rings. The van der Waals surface area contributed by atoms with E-state index in [1.54, 1.807) is 0 Å². The van der Waals surface area contributed by atoms with Gasteiger partial charge in [0.25, 0.3) is 0 Å². The van der Waals surface area contributed by atoms with Gasteiger partial charge in [-0.2, -0.15) is 10.5 Å². The lowest BCUT2D eigenvalue weighted by molar-refractivity contribution is 0.669. The first-order chi connectivity index (χ1) is 32.6. The SMILES string of the molecule is N#Cc1ccccc1-c1ccc2c3ccc(-c4ccccc4C#N)cc3n(-c3ccc(-c4ccc5c(c4)oc4ccccc45)cc3-c3nc(-c4ccccc4)nc(-c4ccccc4)n3)c2c1. The standard InChI is InChI=1S/C59H34N6O/c60-35-43-17-7-9-19-45(43)41-24-27-47-48-28-25-42(46-20-10-8-18-44(46)36-61)33-54(48)65(53(47)32-41)52-30-26-39(40-23-29-50-49-21-11-12-22-55(49)66-56(50)34-40)31-51(52)59-63-57(37-13-3-1-4-14-37)62-58(64-59)38-15-5-2-6-16-38/h1-34H. The van der Waals surface area contributed by atoms with E-state index in [1.807, 2.05) is 127 Å². The molecule has 0 aliphatic carbocycles. The summed E-state index contributed by atoms with van der Waals surface area (Å²) in [6.45, 7) is 0. The van der Waals surface area contributed by atoms with Crippen LogP contribution in [0.5, 0.6) is 0 Å². The van der Waals surface area contributed by atoms with Crippen molar-refractivity contribution in [3.05, 3.63) is 217 Å². The number of para-hydroxylation sites is 1. The minimum Gasteiger partial charge on any atom is -0.456 e. The van der Waals surface area contributed by atoms with Crippen LogP contribution >= 0.6 is 0 Å². The fourth-order valence-corrected chi connectivity index (χ4v) is 9.20. The Morgan fingerprint density at radius 1 is 0.348 bits per heavy atom. The Balaban J connectivity index is 1.18. The number of benzene rings is 9. The molecular weight excluding hydrogens is 809 g/mol. The van der Waals surface area contributed by atoms with Gasteiger partial charge in [-0.3, -0.25) is 0 Å². The summed E-state index contributed by atoms with van der Waals surface area (Å²) in [6, 6.07) is 73.9. The first-order valence-corrected chi connectivity index (χ1v) is 21.6. The maximum Gasteiger partial charge on any atom is 0.166 e. The Morgan fingerprint density at radius 3 is 1.42 bits per heavy atom. The second-order valence-electron chi connectivity index (χ2n) is 16.2. The first kappa shape index (κ1) is 38.3. The molecule has 0 N–H and O–H groups in total. The smallest absolute Gasteiger partial charge is 0.166 e. The van der Waals surface area contributed by atoms with Crippen molar-refractivity contribution in [2.24, 2.45) is 0 Å². The summed E-state index contributed by atoms with van der Waals surface area (Å²) in [4.78, 5) is 15.6. The van der Waals surface area contributed by atoms with Crippen molar-refractivity contribution in [1.29, 1.82) is 10.5 Å². The molecule has 9 aromatic carbocycles. The number of nitrogens with zero attached hydrogens (tertiary/aromatic N) is 6. The van der Waals surface area contributed by atoms with Gasteiger partial charge >= 0.3 is 0 Å². The van der Waals surface area contributed by atoms with Crippen molar-refractivity contribution in [1.82, 2.24) is 19.5 Å². The molecule has 0 amide bonds. The third-order valence-corrected chi connectivity index (χ3v) is 12.4. The van der Waals surface area contributed by atoms with Crippen LogP contribution in [-0.2, 0) is 0 Å². The van der Waals surface area contributed by atoms with E-state index in [9.17, 15) is 10.5 Å². The Hall–Kier alpha value is -9.43. The minimum absolute atomic E-state index is 0.497. The molecule has 66 heavy (non-hydrogen) atoms. The fraction of sp³-hybridized carbons (Fsp3) is 0. The molecule has 0 radical (unpaired) electrons. The summed E-state index contributed by atoms with van der Waals surface area (Å²) >= 11 is 0. The van der Waals surface area contributed by atoms with Crippen molar-refractivity contribution in [2.75, 3.05) is 0 Å². The number of rotatable bonds is 7. The maximum absolute atomic E-state index is 10.2. The highest BCUT2D eigenvalue weighted by atomic mass is 16.3. The van der Waals surface area contributed by atoms with Gasteiger partial charge in [-0.15, -0.1) is 0 Å². The Morgan fingerprint density at radius 2 is 0.818 bits per heavy atom. The summed E-state index contributed by atoms with van der Waals surface area (Å²) in [7, 11) is 0. The molecule has 0 atom stereocenters. The van der Waals surface area contributed by atoms with Crippen LogP contribution < -0.4 is 0 Å². The third-order valence-electron chi connectivity index (χ3n) is 12.4. The minimum atomic E-state index is 0.497. The van der Waals surface area contributed by atoms with Crippen LogP contribution in [0.4, 0.5) is 0 Å². The lowest BCUT2D eigenvalue weighted by Crippen LogP contribution is -2.04. The van der Waals surface area contributed by atoms with E-state index in [0.29, 0.717) is 28.6 Å². The lowest BCUT2D eigenvalue weighted by Gasteiger charge is -2.17. The van der Waals surface area contributed by atoms with E-state index in [2.05, 4.69) is 95.6 Å². The van der Waals surface area contributed by atoms with Crippen molar-refractivity contribution >= 4 is 43.7 Å². The first-order valence-electron chi connectivity index (χ1n) is 21.6. The molecule has 306 valence electrons. The summed E-state index contributed by atoms with van der Waals surface area (Å²) in [5.74, 6) is 1.59. The van der Waals surface area contributed by atoms with Gasteiger partial charge in [0.15, 0.2) is 17.5 Å². The van der Waals surface area contributed by atoms with E-state index < -0.39 is 0 Å². The second-order valence-corrected chi connectivity index (χ2v) is 16.2. The molecule has 7 nitrogen and oxygen atoms in total. The van der Waals surface area contributed by atoms with Crippen molar-refractivity contribution in [3.8, 4) is 85.4 Å². The highest BCUT2D eigenvalue weighted by molar-refractivity contribution is 6.12. The maximum atomic E-state index is 10.2. The van der Waals surface area contributed by atoms with Gasteiger partial charge in [-0.1, -0.05) is 152 Å². The van der Waals surface area contributed by atoms with Gasteiger partial charge < -0.3 is 8.98 Å². The fourth-order valence-electron chi connectivity index (χ4n) is 9.20. The van der Waals surface area contributed by atoms with Gasteiger partial charge in [0.2, 0.25) is 0 Å². The van der Waals surface area contributed by atoms with Gasteiger partial charge in [-0.05, 0) is 88.0 Å². The Kier molecular flexibility index (Phi) is 9.12. The number of hydrogen-bond acceptors (Lipinski definition) is 6. The quantitative estimate of drug-likeness (QED) is 0.158. The molecule has 0 aliphatic rings. The molecule has 0 saturated carbocycles. The molecule has 3 heterocycles. The van der Waals surface area contributed by atoms with Crippen LogP contribution in [0.2, 0.25) is 0 Å². The normalized spacial score (nSPS) is 11.3. The van der Waals surface area contributed by atoms with E-state index in [-0.39, 0.29) is 0 Å². The van der Waals surface area contributed by atoms with E-state index in [4.69, 9.17) is 19.4 Å². The Labute approximate surface area is 379 Å². The molecule has 12 rings (SSSR count). The van der Waals surface area contributed by atoms with Gasteiger partial charge in [0.1, 0.15) is 11.2 Å². The van der Waals surface area contributed by atoms with Crippen LogP contribution in [0, 0.1) is 22.7 Å². The molecule has 7 heteroatoms. The highest BCUT2D eigenvalue weighted by Gasteiger charge is 2.22. The number of furan rings is 1. The molecule has 0 aliphatic heterocycles. The average molecular weight is 843 g/mol. The molecular formula is C59H34N6O. The largest absolute Gasteiger partial charge is 0.456 e. The summed E-state index contributed by atoms with van der Waals surface area (Å²) in [5, 5.41) is 24.6. The number of nitriles is 2. The average Bonchev–Trinajstić information content (AvgIpc) is 3.93. The summed E-state index contributed by atoms with van der Waals surface area (Å²) in [5.41, 5.74) is 13.5. The molecule has 3 aromatic heterocycles. The topological polar surface area (TPSA) is 104 Å². The number of hydrogen-bond donors (Lipinski definition) is 0. The zero-order chi connectivity index (χ0) is 44.1. The zero-order valence-electron chi connectivity index (χ0n) is 35.2. The van der Waals surface area contributed by atoms with Crippen molar-refractivity contribution in [3.63, 3.8) is 0 Å². The second kappa shape index (κ2) is 15.7. The van der Waals surface area contributed by atoms with Gasteiger partial charge in [0, 0.05) is 38.2 Å². The zero-order valence-corrected chi connectivity index (χ0v) is 35.2. The summed E-state index contributed by atoms with van der Waals surface area (Å²) < 4.78 is 8.66. The van der Waals surface area contributed by atoms with Crippen molar-refractivity contribution < 1.29 is 4.42 Å². The molecule has 0 fully saturated rings. The van der Waals surface area contributed by atoms with Crippen LogP contribution in [0.25, 0.3) is 117 Å². The molecule has 0 saturated heterocycles. The van der Waals surface area contributed by atoms with Crippen LogP contribution in [0.3, 0.4) is 0 Å². The predicted octanol–water partition coefficient (Wildman–Crippen LogP) is 14.6. The molecule has 0 unspecified atom stereocenters. The number of fused-ring (bicyclic) bond motifs is 6. The van der Waals surface area contributed by atoms with Crippen LogP contribution in [0.1, 0.15) is 11.1 Å². The van der Waals surface area contributed by atoms with E-state index >= 15 is 0 Å². The van der Waals surface area contributed by atoms with Crippen LogP contribution in [-0.4, -0.2) is 19.5 Å². The highest BCUT2D eigenvalue weighted by Crippen LogP contribution is 2.42. The van der Waals surface area contributed by atoms with E-state index in [1.165, 1.54) is 0 Å². The van der Waals surface area contributed by atoms with E-state index in [0.717, 1.165) is 99.5 Å². The van der Waals surface area contributed by atoms with Crippen molar-refractivity contribution in [2.45, 2.75) is 0 Å². The predicted molar refractivity (Wildman–Crippen MR) is 263 cm³/mol. The summed E-state index contributed by atoms with van der Waals surface area (Å²) in [6.07, 6.45) is 0. The van der Waals surface area contributed by atoms with Gasteiger partial charge in [-0.25, -0.2) is 15.0 Å². The third kappa shape index (κ3) is 6.47. The number of aromatic nitrogens is 4.